The number of carbonyl (C=O) groups is 1. The third-order valence-electron chi connectivity index (χ3n) is 5.86. The molecule has 5 aromatic rings. The van der Waals surface area contributed by atoms with E-state index in [1.165, 1.54) is 18.5 Å². The number of nitrogens with zero attached hydrogens (tertiary/aromatic N) is 3. The number of amides is 1. The number of aromatic nitrogens is 3. The van der Waals surface area contributed by atoms with E-state index in [1.54, 1.807) is 30.4 Å². The van der Waals surface area contributed by atoms with Crippen molar-refractivity contribution in [2.45, 2.75) is 19.5 Å². The molecule has 37 heavy (non-hydrogen) atoms. The number of pyridine rings is 1. The van der Waals surface area contributed by atoms with Crippen molar-refractivity contribution in [3.05, 3.63) is 101 Å². The van der Waals surface area contributed by atoms with Gasteiger partial charge in [-0.05, 0) is 60.5 Å². The van der Waals surface area contributed by atoms with E-state index in [-0.39, 0.29) is 17.2 Å². The van der Waals surface area contributed by atoms with Crippen LogP contribution in [0.15, 0.2) is 73.2 Å². The molecule has 0 fully saturated rings. The van der Waals surface area contributed by atoms with Crippen molar-refractivity contribution in [1.82, 2.24) is 20.3 Å². The van der Waals surface area contributed by atoms with Gasteiger partial charge in [0.15, 0.2) is 0 Å². The van der Waals surface area contributed by atoms with Crippen molar-refractivity contribution >= 4 is 39.8 Å². The predicted octanol–water partition coefficient (Wildman–Crippen LogP) is 5.72. The number of fused-ring (bicyclic) bond motifs is 1. The number of rotatable bonds is 7. The summed E-state index contributed by atoms with van der Waals surface area (Å²) < 4.78 is 27.2. The number of benzene rings is 2. The molecule has 2 aromatic carbocycles. The monoisotopic (exact) mass is 516 g/mol. The van der Waals surface area contributed by atoms with Crippen LogP contribution in [-0.4, -0.2) is 20.9 Å². The summed E-state index contributed by atoms with van der Waals surface area (Å²) >= 11 is 1.57. The van der Waals surface area contributed by atoms with Gasteiger partial charge in [0.25, 0.3) is 5.91 Å². The summed E-state index contributed by atoms with van der Waals surface area (Å²) in [4.78, 5) is 27.4. The number of hydrogen-bond acceptors (Lipinski definition) is 7. The van der Waals surface area contributed by atoms with E-state index >= 15 is 0 Å². The molecule has 0 bridgehead atoms. The lowest BCUT2D eigenvalue weighted by atomic mass is 10.1. The van der Waals surface area contributed by atoms with Crippen molar-refractivity contribution in [2.24, 2.45) is 0 Å². The Labute approximate surface area is 215 Å². The number of thiophene rings is 1. The zero-order chi connectivity index (χ0) is 25.9. The molecular weight excluding hydrogens is 494 g/mol. The second-order valence-electron chi connectivity index (χ2n) is 8.41. The van der Waals surface area contributed by atoms with E-state index in [2.05, 4.69) is 25.6 Å². The molecule has 5 rings (SSSR count). The molecule has 0 aliphatic heterocycles. The minimum absolute atomic E-state index is 0.0794. The van der Waals surface area contributed by atoms with Crippen LogP contribution >= 0.6 is 11.3 Å². The first-order valence-corrected chi connectivity index (χ1v) is 12.2. The van der Waals surface area contributed by atoms with E-state index in [0.717, 1.165) is 44.0 Å². The molecular formula is C27H22F2N6OS. The van der Waals surface area contributed by atoms with Gasteiger partial charge in [-0.15, -0.1) is 11.3 Å². The fourth-order valence-electron chi connectivity index (χ4n) is 3.89. The van der Waals surface area contributed by atoms with Crippen LogP contribution in [0, 0.1) is 11.6 Å². The van der Waals surface area contributed by atoms with E-state index in [4.69, 9.17) is 5.73 Å². The SMILES string of the molecule is CC(NC(=O)c1cc(F)cnc1NCc1ccc(-c2ccc3ncnc(N)c3c2)s1)c1ccc(F)cc1. The summed E-state index contributed by atoms with van der Waals surface area (Å²) in [7, 11) is 0. The Bertz CT molecular complexity index is 1590. The van der Waals surface area contributed by atoms with Gasteiger partial charge in [-0.25, -0.2) is 23.7 Å². The van der Waals surface area contributed by atoms with Crippen LogP contribution < -0.4 is 16.4 Å². The van der Waals surface area contributed by atoms with Crippen molar-refractivity contribution in [1.29, 1.82) is 0 Å². The normalized spacial score (nSPS) is 11.9. The summed E-state index contributed by atoms with van der Waals surface area (Å²) in [6.07, 6.45) is 2.50. The van der Waals surface area contributed by atoms with Gasteiger partial charge in [0.1, 0.15) is 29.6 Å². The lowest BCUT2D eigenvalue weighted by molar-refractivity contribution is 0.0940. The highest BCUT2D eigenvalue weighted by atomic mass is 32.1. The number of nitrogens with one attached hydrogen (secondary N) is 2. The Hall–Kier alpha value is -4.44. The van der Waals surface area contributed by atoms with Gasteiger partial charge in [-0.2, -0.15) is 0 Å². The molecule has 0 aliphatic carbocycles. The van der Waals surface area contributed by atoms with Crippen molar-refractivity contribution in [3.8, 4) is 10.4 Å². The molecule has 1 atom stereocenters. The van der Waals surface area contributed by atoms with Gasteiger partial charge in [0.2, 0.25) is 0 Å². The Balaban J connectivity index is 1.31. The molecule has 0 saturated heterocycles. The first-order chi connectivity index (χ1) is 17.9. The molecule has 1 unspecified atom stereocenters. The standard InChI is InChI=1S/C27H22F2N6OS/c1-15(16-2-5-18(28)6-3-16)35-27(36)22-11-19(29)12-31-26(22)32-13-20-7-9-24(37-20)17-4-8-23-21(10-17)25(30)34-14-33-23/h2-12,14-15H,13H2,1H3,(H,31,32)(H,35,36)(H2,30,33,34). The van der Waals surface area contributed by atoms with Crippen LogP contribution in [0.1, 0.15) is 33.8 Å². The zero-order valence-corrected chi connectivity index (χ0v) is 20.5. The van der Waals surface area contributed by atoms with Crippen LogP contribution in [0.5, 0.6) is 0 Å². The molecule has 0 aliphatic rings. The topological polar surface area (TPSA) is 106 Å². The van der Waals surface area contributed by atoms with E-state index < -0.39 is 17.8 Å². The molecule has 3 aromatic heterocycles. The maximum absolute atomic E-state index is 14.0. The Morgan fingerprint density at radius 3 is 2.62 bits per heavy atom. The van der Waals surface area contributed by atoms with Crippen molar-refractivity contribution in [2.75, 3.05) is 11.1 Å². The first kappa shape index (κ1) is 24.3. The second kappa shape index (κ2) is 10.3. The maximum Gasteiger partial charge on any atom is 0.255 e. The van der Waals surface area contributed by atoms with Gasteiger partial charge in [0.05, 0.1) is 29.9 Å². The van der Waals surface area contributed by atoms with Gasteiger partial charge in [-0.1, -0.05) is 18.2 Å². The average molecular weight is 517 g/mol. The lowest BCUT2D eigenvalue weighted by Crippen LogP contribution is -2.28. The minimum atomic E-state index is -0.622. The number of hydrogen-bond donors (Lipinski definition) is 3. The quantitative estimate of drug-likeness (QED) is 0.256. The average Bonchev–Trinajstić information content (AvgIpc) is 3.37. The van der Waals surface area contributed by atoms with Crippen LogP contribution in [0.3, 0.4) is 0 Å². The third-order valence-corrected chi connectivity index (χ3v) is 6.99. The van der Waals surface area contributed by atoms with Crippen LogP contribution in [-0.2, 0) is 6.54 Å². The summed E-state index contributed by atoms with van der Waals surface area (Å²) in [6.45, 7) is 2.15. The summed E-state index contributed by atoms with van der Waals surface area (Å²) in [5, 5.41) is 6.75. The van der Waals surface area contributed by atoms with Crippen molar-refractivity contribution in [3.63, 3.8) is 0 Å². The number of halogens is 2. The van der Waals surface area contributed by atoms with E-state index in [0.29, 0.717) is 12.4 Å². The van der Waals surface area contributed by atoms with Gasteiger partial charge in [0, 0.05) is 15.1 Å². The summed E-state index contributed by atoms with van der Waals surface area (Å²) in [6, 6.07) is 16.4. The van der Waals surface area contributed by atoms with Crippen LogP contribution in [0.25, 0.3) is 21.3 Å². The zero-order valence-electron chi connectivity index (χ0n) is 19.7. The smallest absolute Gasteiger partial charge is 0.255 e. The fourth-order valence-corrected chi connectivity index (χ4v) is 4.83. The lowest BCUT2D eigenvalue weighted by Gasteiger charge is -2.16. The number of anilines is 2. The van der Waals surface area contributed by atoms with E-state index in [9.17, 15) is 13.6 Å². The molecule has 186 valence electrons. The molecule has 10 heteroatoms. The summed E-state index contributed by atoms with van der Waals surface area (Å²) in [5.41, 5.74) is 8.56. The Morgan fingerprint density at radius 1 is 1.00 bits per heavy atom. The second-order valence-corrected chi connectivity index (χ2v) is 9.58. The molecule has 7 nitrogen and oxygen atoms in total. The number of nitrogens with two attached hydrogens (primary N) is 1. The van der Waals surface area contributed by atoms with Crippen molar-refractivity contribution < 1.29 is 13.6 Å². The minimum Gasteiger partial charge on any atom is -0.383 e. The van der Waals surface area contributed by atoms with Gasteiger partial charge >= 0.3 is 0 Å². The molecule has 1 amide bonds. The number of carbonyl (C=O) groups excluding carboxylic acids is 1. The van der Waals surface area contributed by atoms with Crippen LogP contribution in [0.4, 0.5) is 20.4 Å². The molecule has 0 saturated carbocycles. The first-order valence-electron chi connectivity index (χ1n) is 11.4. The van der Waals surface area contributed by atoms with Crippen LogP contribution in [0.2, 0.25) is 0 Å². The number of nitrogen functional groups attached to an aromatic ring is 1. The molecule has 4 N–H and O–H groups in total. The third kappa shape index (κ3) is 5.39. The predicted molar refractivity (Wildman–Crippen MR) is 141 cm³/mol. The maximum atomic E-state index is 14.0. The Morgan fingerprint density at radius 2 is 1.81 bits per heavy atom. The molecule has 0 radical (unpaired) electrons. The highest BCUT2D eigenvalue weighted by Gasteiger charge is 2.18. The molecule has 0 spiro atoms. The van der Waals surface area contributed by atoms with Gasteiger partial charge in [-0.3, -0.25) is 4.79 Å². The largest absolute Gasteiger partial charge is 0.383 e. The highest BCUT2D eigenvalue weighted by molar-refractivity contribution is 7.15. The van der Waals surface area contributed by atoms with E-state index in [1.807, 2.05) is 30.3 Å². The fraction of sp³-hybridized carbons (Fsp3) is 0.111. The van der Waals surface area contributed by atoms with Gasteiger partial charge < -0.3 is 16.4 Å². The highest BCUT2D eigenvalue weighted by Crippen LogP contribution is 2.31. The summed E-state index contributed by atoms with van der Waals surface area (Å²) in [5.74, 6) is -0.793. The Kier molecular flexibility index (Phi) is 6.74. The molecule has 3 heterocycles.